The summed E-state index contributed by atoms with van der Waals surface area (Å²) in [6, 6.07) is 18.8. The van der Waals surface area contributed by atoms with Gasteiger partial charge in [-0.3, -0.25) is 9.59 Å². The second-order valence-electron chi connectivity index (χ2n) is 12.5. The average Bonchev–Trinajstić information content (AvgIpc) is 3.21. The monoisotopic (exact) mass is 835 g/mol. The molecule has 5 N–H and O–H groups in total. The summed E-state index contributed by atoms with van der Waals surface area (Å²) >= 11 is 0. The van der Waals surface area contributed by atoms with E-state index in [0.29, 0.717) is 18.6 Å². The van der Waals surface area contributed by atoms with Crippen LogP contribution in [0.5, 0.6) is 11.5 Å². The van der Waals surface area contributed by atoms with Gasteiger partial charge in [0.2, 0.25) is 0 Å². The first-order valence-electron chi connectivity index (χ1n) is 20.6. The van der Waals surface area contributed by atoms with Crippen molar-refractivity contribution >= 4 is 28.3 Å². The Balaban J connectivity index is 0. The van der Waals surface area contributed by atoms with Crippen LogP contribution in [-0.4, -0.2) is 43.5 Å². The second-order valence-corrected chi connectivity index (χ2v) is 12.5. The summed E-state index contributed by atoms with van der Waals surface area (Å²) < 4.78 is 64.0. The van der Waals surface area contributed by atoms with Gasteiger partial charge >= 0.3 is 12.1 Å². The maximum absolute atomic E-state index is 13.0. The van der Waals surface area contributed by atoms with Crippen LogP contribution in [0.4, 0.5) is 23.2 Å². The Hall–Kier alpha value is -4.84. The van der Waals surface area contributed by atoms with E-state index in [-0.39, 0.29) is 30.2 Å². The number of primary amides is 1. The molecular weight excluding hydrogens is 765 g/mol. The Morgan fingerprint density at radius 3 is 1.83 bits per heavy atom. The van der Waals surface area contributed by atoms with Gasteiger partial charge in [0, 0.05) is 18.5 Å². The van der Waals surface area contributed by atoms with E-state index in [2.05, 4.69) is 26.0 Å². The van der Waals surface area contributed by atoms with Crippen LogP contribution in [0.15, 0.2) is 60.7 Å². The van der Waals surface area contributed by atoms with Gasteiger partial charge in [0.15, 0.2) is 0 Å². The number of anilines is 1. The SMILES string of the molecule is CC.CC.CC.CCCC(F)(F)F.CCCCC(CC)OCc1cc(OC)c(-c2cccc3c(CCC(=O)O)cccc23)c(OC)c1.Cc1cc(N)cc(F)c1C(N)=O. The van der Waals surface area contributed by atoms with E-state index >= 15 is 0 Å². The summed E-state index contributed by atoms with van der Waals surface area (Å²) in [7, 11) is 3.34. The zero-order chi connectivity index (χ0) is 45.7. The fourth-order valence-corrected chi connectivity index (χ4v) is 5.78. The molecule has 4 aromatic carbocycles. The molecule has 0 saturated heterocycles. The summed E-state index contributed by atoms with van der Waals surface area (Å²) in [6.45, 7) is 20.0. The van der Waals surface area contributed by atoms with Crippen LogP contribution >= 0.6 is 0 Å². The summed E-state index contributed by atoms with van der Waals surface area (Å²) in [6.07, 6.45) is 0.800. The molecule has 12 heteroatoms. The number of amides is 1. The van der Waals surface area contributed by atoms with E-state index < -0.39 is 30.3 Å². The van der Waals surface area contributed by atoms with Crippen molar-refractivity contribution in [1.82, 2.24) is 0 Å². The molecule has 59 heavy (non-hydrogen) atoms. The largest absolute Gasteiger partial charge is 0.496 e. The van der Waals surface area contributed by atoms with Crippen LogP contribution in [0.3, 0.4) is 0 Å². The Morgan fingerprint density at radius 2 is 1.39 bits per heavy atom. The number of carboxylic acid groups (broad SMARTS) is 1. The van der Waals surface area contributed by atoms with Crippen LogP contribution in [0, 0.1) is 12.7 Å². The van der Waals surface area contributed by atoms with E-state index in [1.54, 1.807) is 21.1 Å². The van der Waals surface area contributed by atoms with Gasteiger partial charge in [-0.25, -0.2) is 4.39 Å². The number of halogens is 4. The first-order valence-corrected chi connectivity index (χ1v) is 20.6. The summed E-state index contributed by atoms with van der Waals surface area (Å²) in [5, 5.41) is 11.2. The highest BCUT2D eigenvalue weighted by Crippen LogP contribution is 2.43. The molecular formula is C47H70F4N2O6. The normalized spacial score (nSPS) is 10.6. The van der Waals surface area contributed by atoms with Crippen molar-refractivity contribution in [3.63, 3.8) is 0 Å². The molecule has 0 spiro atoms. The second kappa shape index (κ2) is 31.1. The third kappa shape index (κ3) is 20.1. The maximum Gasteiger partial charge on any atom is 0.389 e. The van der Waals surface area contributed by atoms with E-state index in [4.69, 9.17) is 30.8 Å². The van der Waals surface area contributed by atoms with Crippen LogP contribution in [0.25, 0.3) is 21.9 Å². The number of methoxy groups -OCH3 is 2. The van der Waals surface area contributed by atoms with Crippen LogP contribution in [-0.2, 0) is 22.6 Å². The number of rotatable bonds is 15. The standard InChI is InChI=1S/C29H36O5.C8H9FN2O.C4H7F3.3C2H6/c1-5-7-11-22(6-2)34-19-20-17-26(32-3)29(27(18-20)33-4)25-14-9-12-23-21(15-16-28(30)31)10-8-13-24(23)25;1-4-2-5(10)3-6(9)7(4)8(11)12;1-2-3-4(5,6)7;3*1-2/h8-10,12-14,17-18,22H,5-7,11,15-16,19H2,1-4H3,(H,30,31);2-3H,10H2,1H3,(H2,11,12);2-3H2,1H3;3*1-2H3. The van der Waals surface area contributed by atoms with Crippen molar-refractivity contribution in [2.45, 2.75) is 139 Å². The first kappa shape index (κ1) is 56.3. The number of nitrogens with two attached hydrogens (primary N) is 2. The number of carbonyl (C=O) groups excluding carboxylic acids is 1. The summed E-state index contributed by atoms with van der Waals surface area (Å²) in [5.41, 5.74) is 14.8. The minimum Gasteiger partial charge on any atom is -0.496 e. The van der Waals surface area contributed by atoms with Crippen LogP contribution in [0.2, 0.25) is 0 Å². The molecule has 4 aromatic rings. The van der Waals surface area contributed by atoms with E-state index in [0.717, 1.165) is 63.4 Å². The highest BCUT2D eigenvalue weighted by atomic mass is 19.4. The van der Waals surface area contributed by atoms with Gasteiger partial charge in [-0.15, -0.1) is 0 Å². The number of hydrogen-bond donors (Lipinski definition) is 3. The van der Waals surface area contributed by atoms with Crippen molar-refractivity contribution in [2.75, 3.05) is 20.0 Å². The summed E-state index contributed by atoms with van der Waals surface area (Å²) in [5.74, 6) is -0.787. The number of nitrogen functional groups attached to an aromatic ring is 1. The summed E-state index contributed by atoms with van der Waals surface area (Å²) in [4.78, 5) is 21.8. The first-order chi connectivity index (χ1) is 28.1. The number of aliphatic carboxylic acids is 1. The molecule has 1 atom stereocenters. The molecule has 0 saturated carbocycles. The van der Waals surface area contributed by atoms with Crippen LogP contribution in [0.1, 0.15) is 134 Å². The zero-order valence-corrected chi connectivity index (χ0v) is 37.4. The molecule has 0 aliphatic heterocycles. The molecule has 0 heterocycles. The highest BCUT2D eigenvalue weighted by Gasteiger charge is 2.24. The molecule has 0 aromatic heterocycles. The predicted molar refractivity (Wildman–Crippen MR) is 236 cm³/mol. The minimum absolute atomic E-state index is 0.0933. The molecule has 0 aliphatic rings. The maximum atomic E-state index is 13.0. The molecule has 0 radical (unpaired) electrons. The van der Waals surface area contributed by atoms with E-state index in [9.17, 15) is 27.2 Å². The fraction of sp³-hybridized carbons (Fsp3) is 0.489. The lowest BCUT2D eigenvalue weighted by Crippen LogP contribution is -2.15. The number of ether oxygens (including phenoxy) is 3. The number of hydrogen-bond acceptors (Lipinski definition) is 6. The molecule has 4 rings (SSSR count). The van der Waals surface area contributed by atoms with E-state index in [1.165, 1.54) is 25.8 Å². The number of carboxylic acids is 1. The number of alkyl halides is 3. The lowest BCUT2D eigenvalue weighted by Gasteiger charge is -2.20. The van der Waals surface area contributed by atoms with Crippen molar-refractivity contribution < 1.29 is 46.5 Å². The van der Waals surface area contributed by atoms with Gasteiger partial charge < -0.3 is 30.8 Å². The lowest BCUT2D eigenvalue weighted by atomic mass is 9.92. The topological polar surface area (TPSA) is 134 Å². The van der Waals surface area contributed by atoms with Gasteiger partial charge in [-0.2, -0.15) is 13.2 Å². The van der Waals surface area contributed by atoms with Gasteiger partial charge in [-0.1, -0.05) is 112 Å². The predicted octanol–water partition coefficient (Wildman–Crippen LogP) is 13.3. The molecule has 1 unspecified atom stereocenters. The number of benzene rings is 4. The van der Waals surface area contributed by atoms with Crippen molar-refractivity contribution in [3.05, 3.63) is 88.7 Å². The molecule has 0 bridgehead atoms. The quantitative estimate of drug-likeness (QED) is 0.0802. The fourth-order valence-electron chi connectivity index (χ4n) is 5.78. The third-order valence-electron chi connectivity index (χ3n) is 8.37. The zero-order valence-electron chi connectivity index (χ0n) is 37.4. The van der Waals surface area contributed by atoms with Gasteiger partial charge in [0.1, 0.15) is 17.3 Å². The Labute approximate surface area is 350 Å². The van der Waals surface area contributed by atoms with Crippen molar-refractivity contribution in [1.29, 1.82) is 0 Å². The van der Waals surface area contributed by atoms with Crippen molar-refractivity contribution in [3.8, 4) is 22.6 Å². The lowest BCUT2D eigenvalue weighted by molar-refractivity contribution is -0.137. The Kier molecular flexibility index (Phi) is 29.7. The van der Waals surface area contributed by atoms with Gasteiger partial charge in [0.05, 0.1) is 38.1 Å². The Bertz CT molecular complexity index is 1750. The minimum atomic E-state index is -3.95. The average molecular weight is 835 g/mol. The van der Waals surface area contributed by atoms with Gasteiger partial charge in [-0.05, 0) is 89.9 Å². The molecule has 0 fully saturated rings. The molecule has 0 aliphatic carbocycles. The number of fused-ring (bicyclic) bond motifs is 1. The van der Waals surface area contributed by atoms with Gasteiger partial charge in [0.25, 0.3) is 5.91 Å². The van der Waals surface area contributed by atoms with Crippen LogP contribution < -0.4 is 20.9 Å². The van der Waals surface area contributed by atoms with Crippen molar-refractivity contribution in [2.24, 2.45) is 5.73 Å². The third-order valence-corrected chi connectivity index (χ3v) is 8.37. The Morgan fingerprint density at radius 1 is 0.831 bits per heavy atom. The number of unbranched alkanes of at least 4 members (excludes halogenated alkanes) is 1. The molecule has 1 amide bonds. The van der Waals surface area contributed by atoms with E-state index in [1.807, 2.05) is 77.9 Å². The highest BCUT2D eigenvalue weighted by molar-refractivity contribution is 6.01. The number of carbonyl (C=O) groups is 2. The smallest absolute Gasteiger partial charge is 0.389 e. The number of aryl methyl sites for hydroxylation is 2. The molecule has 332 valence electrons. The molecule has 8 nitrogen and oxygen atoms in total.